The van der Waals surface area contributed by atoms with E-state index in [-0.39, 0.29) is 33.2 Å². The maximum Gasteiger partial charge on any atom is 0.343 e. The fourth-order valence-electron chi connectivity index (χ4n) is 2.98. The van der Waals surface area contributed by atoms with E-state index in [1.165, 1.54) is 62.6 Å². The predicted molar refractivity (Wildman–Crippen MR) is 134 cm³/mol. The third-order valence-corrected chi connectivity index (χ3v) is 5.16. The highest BCUT2D eigenvalue weighted by atomic mass is 35.5. The maximum absolute atomic E-state index is 12.8. The number of hydrogen-bond donors (Lipinski definition) is 1. The van der Waals surface area contributed by atoms with E-state index >= 15 is 0 Å². The molecule has 0 aliphatic rings. The minimum atomic E-state index is -0.964. The minimum Gasteiger partial charge on any atom is -0.493 e. The molecule has 0 atom stereocenters. The van der Waals surface area contributed by atoms with Gasteiger partial charge >= 0.3 is 17.6 Å². The van der Waals surface area contributed by atoms with Gasteiger partial charge in [-0.1, -0.05) is 29.3 Å². The summed E-state index contributed by atoms with van der Waals surface area (Å²) in [5.74, 6) is -2.50. The first-order chi connectivity index (χ1) is 17.6. The van der Waals surface area contributed by atoms with E-state index in [9.17, 15) is 24.5 Å². The Morgan fingerprint density at radius 1 is 1.03 bits per heavy atom. The van der Waals surface area contributed by atoms with Crippen LogP contribution in [0.5, 0.6) is 17.2 Å². The normalized spacial score (nSPS) is 10.6. The Bertz CT molecular complexity index is 1430. The number of ether oxygens (including phenoxy) is 3. The largest absolute Gasteiger partial charge is 0.493 e. The number of hydrazone groups is 1. The zero-order valence-corrected chi connectivity index (χ0v) is 20.7. The van der Waals surface area contributed by atoms with E-state index in [2.05, 4.69) is 10.5 Å². The van der Waals surface area contributed by atoms with Crippen molar-refractivity contribution in [2.75, 3.05) is 7.11 Å². The Kier molecular flexibility index (Phi) is 8.77. The number of esters is 2. The third-order valence-electron chi connectivity index (χ3n) is 4.61. The summed E-state index contributed by atoms with van der Waals surface area (Å²) < 4.78 is 15.5. The van der Waals surface area contributed by atoms with Crippen LogP contribution < -0.4 is 19.6 Å². The number of nitrogens with one attached hydrogen (secondary N) is 1. The van der Waals surface area contributed by atoms with E-state index < -0.39 is 34.2 Å². The highest BCUT2D eigenvalue weighted by Gasteiger charge is 2.23. The van der Waals surface area contributed by atoms with Crippen LogP contribution in [0.2, 0.25) is 10.0 Å². The SMILES string of the molecule is COc1cc(C(=O)Oc2c(/C=N/NC(=O)c3ccc(Cl)cc3Cl)cccc2[N+](=O)[O-])ccc1OC(C)=O. The number of nitro benzene ring substituents is 1. The van der Waals surface area contributed by atoms with Crippen LogP contribution in [-0.4, -0.2) is 36.1 Å². The molecule has 0 heterocycles. The first-order valence-corrected chi connectivity index (χ1v) is 11.0. The lowest BCUT2D eigenvalue weighted by molar-refractivity contribution is -0.385. The average Bonchev–Trinajstić information content (AvgIpc) is 2.84. The molecule has 37 heavy (non-hydrogen) atoms. The van der Waals surface area contributed by atoms with Crippen LogP contribution >= 0.6 is 23.2 Å². The van der Waals surface area contributed by atoms with Crippen molar-refractivity contribution < 1.29 is 33.5 Å². The summed E-state index contributed by atoms with van der Waals surface area (Å²) in [6.07, 6.45) is 1.07. The Hall–Kier alpha value is -4.48. The van der Waals surface area contributed by atoms with Gasteiger partial charge in [-0.15, -0.1) is 0 Å². The van der Waals surface area contributed by atoms with Gasteiger partial charge in [0.25, 0.3) is 5.91 Å². The van der Waals surface area contributed by atoms with Gasteiger partial charge in [0.15, 0.2) is 11.5 Å². The quantitative estimate of drug-likeness (QED) is 0.139. The Labute approximate surface area is 219 Å². The van der Waals surface area contributed by atoms with Crippen LogP contribution in [0.3, 0.4) is 0 Å². The van der Waals surface area contributed by atoms with Gasteiger partial charge in [0.2, 0.25) is 5.75 Å². The number of rotatable bonds is 8. The lowest BCUT2D eigenvalue weighted by Gasteiger charge is -2.11. The summed E-state index contributed by atoms with van der Waals surface area (Å²) in [5.41, 5.74) is 1.80. The van der Waals surface area contributed by atoms with Gasteiger partial charge < -0.3 is 14.2 Å². The van der Waals surface area contributed by atoms with Crippen molar-refractivity contribution in [1.29, 1.82) is 0 Å². The Morgan fingerprint density at radius 2 is 1.78 bits per heavy atom. The highest BCUT2D eigenvalue weighted by molar-refractivity contribution is 6.36. The number of benzene rings is 3. The number of hydrogen-bond acceptors (Lipinski definition) is 9. The van der Waals surface area contributed by atoms with Crippen molar-refractivity contribution in [3.05, 3.63) is 91.4 Å². The van der Waals surface area contributed by atoms with E-state index in [1.54, 1.807) is 0 Å². The molecule has 0 saturated carbocycles. The second-order valence-corrected chi connectivity index (χ2v) is 7.97. The number of halogens is 2. The molecule has 0 aliphatic heterocycles. The number of nitrogens with zero attached hydrogens (tertiary/aromatic N) is 2. The first kappa shape index (κ1) is 27.1. The van der Waals surface area contributed by atoms with Crippen LogP contribution in [-0.2, 0) is 4.79 Å². The Morgan fingerprint density at radius 3 is 2.43 bits per heavy atom. The maximum atomic E-state index is 12.8. The molecule has 3 aromatic carbocycles. The number of carbonyl (C=O) groups excluding carboxylic acids is 3. The van der Waals surface area contributed by atoms with Crippen molar-refractivity contribution in [3.63, 3.8) is 0 Å². The van der Waals surface area contributed by atoms with Crippen LogP contribution in [0.15, 0.2) is 59.7 Å². The zero-order chi connectivity index (χ0) is 27.1. The summed E-state index contributed by atoms with van der Waals surface area (Å²) in [4.78, 5) is 47.3. The fourth-order valence-corrected chi connectivity index (χ4v) is 3.47. The molecule has 1 N–H and O–H groups in total. The smallest absolute Gasteiger partial charge is 0.343 e. The fraction of sp³-hybridized carbons (Fsp3) is 0.0833. The summed E-state index contributed by atoms with van der Waals surface area (Å²) in [6, 6.07) is 12.0. The monoisotopic (exact) mass is 545 g/mol. The standard InChI is InChI=1S/C24H17Cl2N3O8/c1-13(30)36-20-9-6-14(10-21(20)35-2)24(32)37-22-15(4-3-5-19(22)29(33)34)12-27-28-23(31)17-8-7-16(25)11-18(17)26/h3-12H,1-2H3,(H,28,31)/b27-12+. The zero-order valence-electron chi connectivity index (χ0n) is 19.2. The van der Waals surface area contributed by atoms with Gasteiger partial charge in [-0.2, -0.15) is 5.10 Å². The molecule has 190 valence electrons. The van der Waals surface area contributed by atoms with Crippen molar-refractivity contribution >= 4 is 52.9 Å². The highest BCUT2D eigenvalue weighted by Crippen LogP contribution is 2.32. The molecule has 0 aliphatic carbocycles. The first-order valence-electron chi connectivity index (χ1n) is 10.2. The molecule has 0 fully saturated rings. The molecule has 0 radical (unpaired) electrons. The van der Waals surface area contributed by atoms with E-state index in [0.29, 0.717) is 5.02 Å². The van der Waals surface area contributed by atoms with Crippen molar-refractivity contribution in [1.82, 2.24) is 5.43 Å². The molecule has 0 bridgehead atoms. The molecule has 0 spiro atoms. The van der Waals surface area contributed by atoms with Crippen molar-refractivity contribution in [2.45, 2.75) is 6.92 Å². The summed E-state index contributed by atoms with van der Waals surface area (Å²) in [5, 5.41) is 15.8. The summed E-state index contributed by atoms with van der Waals surface area (Å²) in [6.45, 7) is 1.20. The lowest BCUT2D eigenvalue weighted by Crippen LogP contribution is -2.18. The molecule has 11 nitrogen and oxygen atoms in total. The number of para-hydroxylation sites is 1. The van der Waals surface area contributed by atoms with Crippen molar-refractivity contribution in [3.8, 4) is 17.2 Å². The van der Waals surface area contributed by atoms with Gasteiger partial charge in [0.05, 0.1) is 34.4 Å². The summed E-state index contributed by atoms with van der Waals surface area (Å²) in [7, 11) is 1.31. The van der Waals surface area contributed by atoms with Gasteiger partial charge in [-0.25, -0.2) is 10.2 Å². The number of methoxy groups -OCH3 is 1. The molecule has 13 heteroatoms. The predicted octanol–water partition coefficient (Wildman–Crippen LogP) is 4.82. The van der Waals surface area contributed by atoms with Crippen LogP contribution in [0.25, 0.3) is 0 Å². The van der Waals surface area contributed by atoms with E-state index in [0.717, 1.165) is 12.3 Å². The van der Waals surface area contributed by atoms with E-state index in [1.807, 2.05) is 0 Å². The molecule has 3 aromatic rings. The number of nitro groups is 1. The van der Waals surface area contributed by atoms with Gasteiger partial charge in [-0.05, 0) is 42.5 Å². The molecular weight excluding hydrogens is 529 g/mol. The van der Waals surface area contributed by atoms with Crippen LogP contribution in [0.1, 0.15) is 33.2 Å². The van der Waals surface area contributed by atoms with E-state index in [4.69, 9.17) is 37.4 Å². The molecule has 0 aromatic heterocycles. The molecule has 1 amide bonds. The Balaban J connectivity index is 1.87. The number of carbonyl (C=O) groups is 3. The lowest BCUT2D eigenvalue weighted by atomic mass is 10.1. The molecular formula is C24H17Cl2N3O8. The van der Waals surface area contributed by atoms with Gasteiger partial charge in [0, 0.05) is 23.6 Å². The topological polar surface area (TPSA) is 146 Å². The second-order valence-electron chi connectivity index (χ2n) is 7.12. The van der Waals surface area contributed by atoms with Gasteiger partial charge in [-0.3, -0.25) is 19.7 Å². The molecule has 0 unspecified atom stereocenters. The van der Waals surface area contributed by atoms with Crippen LogP contribution in [0.4, 0.5) is 5.69 Å². The third kappa shape index (κ3) is 6.81. The molecule has 0 saturated heterocycles. The second kappa shape index (κ2) is 12.0. The number of amides is 1. The summed E-state index contributed by atoms with van der Waals surface area (Å²) >= 11 is 11.8. The van der Waals surface area contributed by atoms with Gasteiger partial charge in [0.1, 0.15) is 0 Å². The average molecular weight is 546 g/mol. The molecule has 3 rings (SSSR count). The minimum absolute atomic E-state index is 0.0218. The van der Waals surface area contributed by atoms with Crippen LogP contribution in [0, 0.1) is 10.1 Å². The van der Waals surface area contributed by atoms with Crippen molar-refractivity contribution in [2.24, 2.45) is 5.10 Å².